The maximum atomic E-state index is 14.1. The number of H-pyrrole nitrogens is 1. The van der Waals surface area contributed by atoms with Crippen LogP contribution in [-0.2, 0) is 9.59 Å². The van der Waals surface area contributed by atoms with Crippen molar-refractivity contribution >= 4 is 22.7 Å². The van der Waals surface area contributed by atoms with Gasteiger partial charge in [0.2, 0.25) is 11.8 Å². The molecular formula is C27H38N4O2. The van der Waals surface area contributed by atoms with Crippen molar-refractivity contribution < 1.29 is 9.59 Å². The topological polar surface area (TPSA) is 77.2 Å². The summed E-state index contributed by atoms with van der Waals surface area (Å²) in [6.45, 7) is 2.67. The SMILES string of the molecule is CN[C@@H](C)C(=O)N[C@H](C(=O)N1CC[C@H]2CC[C@@H](c3c[nH]c4ccccc34)[C@H]21)C1CCCCC1. The van der Waals surface area contributed by atoms with Crippen molar-refractivity contribution in [3.8, 4) is 0 Å². The number of amides is 2. The number of para-hydroxylation sites is 1. The van der Waals surface area contributed by atoms with Crippen molar-refractivity contribution in [2.75, 3.05) is 13.6 Å². The summed E-state index contributed by atoms with van der Waals surface area (Å²) < 4.78 is 0. The number of aromatic amines is 1. The minimum absolute atomic E-state index is 0.0724. The Bertz CT molecular complexity index is 995. The van der Waals surface area contributed by atoms with E-state index in [2.05, 4.69) is 51.0 Å². The number of rotatable bonds is 6. The number of nitrogens with zero attached hydrogens (tertiary/aromatic N) is 1. The third kappa shape index (κ3) is 4.18. The average Bonchev–Trinajstić information content (AvgIpc) is 3.57. The molecule has 1 saturated heterocycles. The molecule has 1 aliphatic heterocycles. The van der Waals surface area contributed by atoms with Crippen molar-refractivity contribution in [2.24, 2.45) is 11.8 Å². The maximum Gasteiger partial charge on any atom is 0.245 e. The van der Waals surface area contributed by atoms with Crippen molar-refractivity contribution in [1.82, 2.24) is 20.5 Å². The molecule has 6 nitrogen and oxygen atoms in total. The lowest BCUT2D eigenvalue weighted by atomic mass is 9.82. The van der Waals surface area contributed by atoms with Crippen molar-refractivity contribution in [3.05, 3.63) is 36.0 Å². The van der Waals surface area contributed by atoms with E-state index in [0.29, 0.717) is 11.8 Å². The Kier molecular flexibility index (Phi) is 6.46. The van der Waals surface area contributed by atoms with Gasteiger partial charge in [-0.15, -0.1) is 0 Å². The van der Waals surface area contributed by atoms with E-state index in [1.165, 1.54) is 29.3 Å². The molecule has 2 aromatic rings. The highest BCUT2D eigenvalue weighted by atomic mass is 16.2. The molecule has 0 unspecified atom stereocenters. The second-order valence-corrected chi connectivity index (χ2v) is 10.4. The highest BCUT2D eigenvalue weighted by Gasteiger charge is 2.49. The van der Waals surface area contributed by atoms with E-state index in [4.69, 9.17) is 0 Å². The Balaban J connectivity index is 1.42. The van der Waals surface area contributed by atoms with Crippen LogP contribution in [0.5, 0.6) is 0 Å². The Labute approximate surface area is 196 Å². The summed E-state index contributed by atoms with van der Waals surface area (Å²) >= 11 is 0. The number of benzene rings is 1. The van der Waals surface area contributed by atoms with Gasteiger partial charge < -0.3 is 20.5 Å². The van der Waals surface area contributed by atoms with Crippen LogP contribution in [0.25, 0.3) is 10.9 Å². The Morgan fingerprint density at radius 2 is 1.85 bits per heavy atom. The fourth-order valence-corrected chi connectivity index (χ4v) is 6.74. The number of fused-ring (bicyclic) bond motifs is 2. The number of likely N-dealkylation sites (tertiary alicyclic amines) is 1. The Morgan fingerprint density at radius 3 is 2.64 bits per heavy atom. The van der Waals surface area contributed by atoms with Gasteiger partial charge in [0.25, 0.3) is 0 Å². The van der Waals surface area contributed by atoms with Gasteiger partial charge in [0.15, 0.2) is 0 Å². The zero-order chi connectivity index (χ0) is 22.9. The van der Waals surface area contributed by atoms with Crippen LogP contribution in [0.4, 0.5) is 0 Å². The van der Waals surface area contributed by atoms with Gasteiger partial charge in [-0.1, -0.05) is 37.5 Å². The molecule has 1 aromatic carbocycles. The van der Waals surface area contributed by atoms with E-state index in [1.54, 1.807) is 7.05 Å². The van der Waals surface area contributed by atoms with E-state index < -0.39 is 6.04 Å². The van der Waals surface area contributed by atoms with Gasteiger partial charge in [0.05, 0.1) is 6.04 Å². The van der Waals surface area contributed by atoms with Gasteiger partial charge >= 0.3 is 0 Å². The monoisotopic (exact) mass is 450 g/mol. The largest absolute Gasteiger partial charge is 0.361 e. The summed E-state index contributed by atoms with van der Waals surface area (Å²) in [7, 11) is 1.79. The lowest BCUT2D eigenvalue weighted by molar-refractivity contribution is -0.139. The molecule has 1 aromatic heterocycles. The minimum Gasteiger partial charge on any atom is -0.361 e. The molecule has 6 heteroatoms. The van der Waals surface area contributed by atoms with Crippen LogP contribution in [0, 0.1) is 11.8 Å². The van der Waals surface area contributed by atoms with E-state index in [9.17, 15) is 9.59 Å². The molecular weight excluding hydrogens is 412 g/mol. The van der Waals surface area contributed by atoms with Crippen LogP contribution in [-0.4, -0.2) is 53.4 Å². The zero-order valence-corrected chi connectivity index (χ0v) is 20.0. The van der Waals surface area contributed by atoms with E-state index >= 15 is 0 Å². The minimum atomic E-state index is -0.406. The van der Waals surface area contributed by atoms with Crippen LogP contribution >= 0.6 is 0 Å². The van der Waals surface area contributed by atoms with Gasteiger partial charge in [0, 0.05) is 35.6 Å². The fourth-order valence-electron chi connectivity index (χ4n) is 6.74. The van der Waals surface area contributed by atoms with Gasteiger partial charge in [-0.3, -0.25) is 9.59 Å². The third-order valence-corrected chi connectivity index (χ3v) is 8.66. The van der Waals surface area contributed by atoms with Gasteiger partial charge in [-0.25, -0.2) is 0 Å². The van der Waals surface area contributed by atoms with Crippen LogP contribution in [0.2, 0.25) is 0 Å². The molecule has 2 amide bonds. The zero-order valence-electron chi connectivity index (χ0n) is 20.0. The van der Waals surface area contributed by atoms with E-state index in [0.717, 1.165) is 45.1 Å². The van der Waals surface area contributed by atoms with Gasteiger partial charge in [0.1, 0.15) is 6.04 Å². The molecule has 5 rings (SSSR count). The van der Waals surface area contributed by atoms with Crippen molar-refractivity contribution in [3.63, 3.8) is 0 Å². The predicted molar refractivity (Wildman–Crippen MR) is 131 cm³/mol. The standard InChI is InChI=1S/C27H38N4O2/c1-17(28-2)26(32)30-24(18-8-4-3-5-9-18)27(33)31-15-14-19-12-13-21(25(19)31)22-16-29-23-11-7-6-10-20(22)23/h6-7,10-11,16-19,21,24-25,28-29H,3-5,8-9,12-15H2,1-2H3,(H,30,32)/t17-,19+,21-,24-,25-/m0/s1. The van der Waals surface area contributed by atoms with Crippen LogP contribution < -0.4 is 10.6 Å². The Hall–Kier alpha value is -2.34. The smallest absolute Gasteiger partial charge is 0.245 e. The second kappa shape index (κ2) is 9.49. The number of likely N-dealkylation sites (N-methyl/N-ethyl adjacent to an activating group) is 1. The number of carbonyl (C=O) groups is 2. The summed E-state index contributed by atoms with van der Waals surface area (Å²) in [6, 6.07) is 8.01. The third-order valence-electron chi connectivity index (χ3n) is 8.66. The summed E-state index contributed by atoms with van der Waals surface area (Å²) in [5.74, 6) is 1.24. The summed E-state index contributed by atoms with van der Waals surface area (Å²) in [5, 5.41) is 7.48. The molecule has 3 fully saturated rings. The first kappa shape index (κ1) is 22.5. The molecule has 0 radical (unpaired) electrons. The number of nitrogens with one attached hydrogen (secondary N) is 3. The molecule has 3 N–H and O–H groups in total. The number of hydrogen-bond acceptors (Lipinski definition) is 3. The molecule has 0 bridgehead atoms. The number of hydrogen-bond donors (Lipinski definition) is 3. The average molecular weight is 451 g/mol. The van der Waals surface area contributed by atoms with Crippen LogP contribution in [0.15, 0.2) is 30.5 Å². The first-order valence-corrected chi connectivity index (χ1v) is 12.9. The molecule has 178 valence electrons. The maximum absolute atomic E-state index is 14.1. The fraction of sp³-hybridized carbons (Fsp3) is 0.630. The first-order valence-electron chi connectivity index (χ1n) is 12.9. The number of aromatic nitrogens is 1. The van der Waals surface area contributed by atoms with E-state index in [-0.39, 0.29) is 29.8 Å². The summed E-state index contributed by atoms with van der Waals surface area (Å²) in [4.78, 5) is 32.5. The lowest BCUT2D eigenvalue weighted by Gasteiger charge is -2.37. The molecule has 2 heterocycles. The summed E-state index contributed by atoms with van der Waals surface area (Å²) in [5.41, 5.74) is 2.51. The van der Waals surface area contributed by atoms with E-state index in [1.807, 2.05) is 6.92 Å². The predicted octanol–water partition coefficient (Wildman–Crippen LogP) is 3.94. The van der Waals surface area contributed by atoms with Crippen LogP contribution in [0.1, 0.15) is 69.8 Å². The lowest BCUT2D eigenvalue weighted by Crippen LogP contribution is -2.57. The molecule has 5 atom stereocenters. The van der Waals surface area contributed by atoms with Crippen molar-refractivity contribution in [2.45, 2.75) is 82.3 Å². The van der Waals surface area contributed by atoms with Crippen molar-refractivity contribution in [1.29, 1.82) is 0 Å². The number of carbonyl (C=O) groups excluding carboxylic acids is 2. The van der Waals surface area contributed by atoms with Crippen LogP contribution in [0.3, 0.4) is 0 Å². The molecule has 2 aliphatic carbocycles. The quantitative estimate of drug-likeness (QED) is 0.624. The summed E-state index contributed by atoms with van der Waals surface area (Å²) in [6.07, 6.45) is 11.1. The Morgan fingerprint density at radius 1 is 1.06 bits per heavy atom. The molecule has 3 aliphatic rings. The first-order chi connectivity index (χ1) is 16.1. The second-order valence-electron chi connectivity index (χ2n) is 10.4. The van der Waals surface area contributed by atoms with Gasteiger partial charge in [-0.05, 0) is 69.5 Å². The highest BCUT2D eigenvalue weighted by Crippen LogP contribution is 2.48. The molecule has 33 heavy (non-hydrogen) atoms. The highest BCUT2D eigenvalue weighted by molar-refractivity contribution is 5.90. The normalized spacial score (nSPS) is 27.5. The molecule has 2 saturated carbocycles. The molecule has 0 spiro atoms. The van der Waals surface area contributed by atoms with Gasteiger partial charge in [-0.2, -0.15) is 0 Å².